The third-order valence-corrected chi connectivity index (χ3v) is 5.09. The van der Waals surface area contributed by atoms with Gasteiger partial charge in [0.2, 0.25) is 17.2 Å². The molecule has 6 nitrogen and oxygen atoms in total. The van der Waals surface area contributed by atoms with Crippen LogP contribution in [0.15, 0.2) is 53.1 Å². The number of hydrogen-bond donors (Lipinski definition) is 0. The maximum Gasteiger partial charge on any atom is 0.347 e. The van der Waals surface area contributed by atoms with Crippen molar-refractivity contribution in [3.8, 4) is 11.3 Å². The quantitative estimate of drug-likeness (QED) is 0.298. The van der Waals surface area contributed by atoms with Gasteiger partial charge < -0.3 is 4.52 Å². The molecule has 0 aliphatic carbocycles. The molecule has 0 radical (unpaired) electrons. The number of aromatic nitrogens is 1. The highest BCUT2D eigenvalue weighted by molar-refractivity contribution is 6.11. The third kappa shape index (κ3) is 4.17. The van der Waals surface area contributed by atoms with Crippen molar-refractivity contribution in [1.29, 1.82) is 0 Å². The minimum atomic E-state index is -0.611. The van der Waals surface area contributed by atoms with Crippen LogP contribution in [0.25, 0.3) is 11.3 Å². The molecule has 0 atom stereocenters. The topological polar surface area (TPSA) is 86.2 Å². The summed E-state index contributed by atoms with van der Waals surface area (Å²) in [6, 6.07) is 14.3. The Kier molecular flexibility index (Phi) is 5.37. The summed E-state index contributed by atoms with van der Waals surface area (Å²) < 4.78 is 5.28. The first-order valence-electron chi connectivity index (χ1n) is 9.80. The predicted octanol–water partition coefficient (Wildman–Crippen LogP) is 6.08. The van der Waals surface area contributed by atoms with Crippen LogP contribution >= 0.6 is 0 Å². The van der Waals surface area contributed by atoms with Gasteiger partial charge in [-0.05, 0) is 22.0 Å². The molecule has 0 fully saturated rings. The first-order valence-corrected chi connectivity index (χ1v) is 9.80. The molecule has 1 heterocycles. The Morgan fingerprint density at radius 1 is 0.867 bits per heavy atom. The van der Waals surface area contributed by atoms with Gasteiger partial charge in [-0.15, -0.1) is 0 Å². The van der Waals surface area contributed by atoms with Gasteiger partial charge in [0, 0.05) is 11.1 Å². The molecular formula is C24H26N2O4. The van der Waals surface area contributed by atoms with Gasteiger partial charge >= 0.3 is 5.69 Å². The average Bonchev–Trinajstić information content (AvgIpc) is 3.11. The number of hydrogen-bond acceptors (Lipinski definition) is 5. The standard InChI is InChI=1S/C24H26N2O4/c1-23(2,3)17-11-7-15(8-12-17)21(27)19-20(26(28)29)22(30-25-19)16-9-13-18(14-10-16)24(4,5)6/h7-14H,1-6H3. The number of nitro groups is 1. The van der Waals surface area contributed by atoms with Crippen LogP contribution in [-0.4, -0.2) is 15.9 Å². The lowest BCUT2D eigenvalue weighted by molar-refractivity contribution is -0.384. The third-order valence-electron chi connectivity index (χ3n) is 5.09. The highest BCUT2D eigenvalue weighted by atomic mass is 16.6. The van der Waals surface area contributed by atoms with E-state index in [1.165, 1.54) is 0 Å². The van der Waals surface area contributed by atoms with Crippen LogP contribution in [-0.2, 0) is 10.8 Å². The van der Waals surface area contributed by atoms with Crippen LogP contribution in [0.1, 0.15) is 68.7 Å². The second-order valence-electron chi connectivity index (χ2n) is 9.45. The Labute approximate surface area is 176 Å². The van der Waals surface area contributed by atoms with Crippen molar-refractivity contribution >= 4 is 11.5 Å². The number of ketones is 1. The number of carbonyl (C=O) groups excluding carboxylic acids is 1. The van der Waals surface area contributed by atoms with Crippen molar-refractivity contribution in [2.24, 2.45) is 0 Å². The summed E-state index contributed by atoms with van der Waals surface area (Å²) in [5.41, 5.74) is 2.16. The molecule has 0 unspecified atom stereocenters. The second kappa shape index (κ2) is 7.52. The maximum absolute atomic E-state index is 12.9. The zero-order chi connectivity index (χ0) is 22.3. The average molecular weight is 406 g/mol. The largest absolute Gasteiger partial charge is 0.348 e. The molecule has 0 bridgehead atoms. The van der Waals surface area contributed by atoms with Gasteiger partial charge in [-0.2, -0.15) is 0 Å². The summed E-state index contributed by atoms with van der Waals surface area (Å²) in [7, 11) is 0. The van der Waals surface area contributed by atoms with E-state index in [-0.39, 0.29) is 22.3 Å². The first kappa shape index (κ1) is 21.4. The summed E-state index contributed by atoms with van der Waals surface area (Å²) in [5.74, 6) is -0.557. The van der Waals surface area contributed by atoms with Crippen molar-refractivity contribution in [3.05, 3.63) is 81.0 Å². The van der Waals surface area contributed by atoms with Crippen LogP contribution in [0.2, 0.25) is 0 Å². The minimum absolute atomic E-state index is 0.0184. The van der Waals surface area contributed by atoms with E-state index in [1.807, 2.05) is 24.3 Å². The molecule has 2 aromatic carbocycles. The molecule has 30 heavy (non-hydrogen) atoms. The summed E-state index contributed by atoms with van der Waals surface area (Å²) in [4.78, 5) is 24.1. The van der Waals surface area contributed by atoms with Gasteiger partial charge in [-0.25, -0.2) is 0 Å². The van der Waals surface area contributed by atoms with Crippen LogP contribution in [0.3, 0.4) is 0 Å². The first-order chi connectivity index (χ1) is 13.9. The van der Waals surface area contributed by atoms with E-state index in [4.69, 9.17) is 4.52 Å². The van der Waals surface area contributed by atoms with E-state index < -0.39 is 16.4 Å². The Hall–Kier alpha value is -3.28. The van der Waals surface area contributed by atoms with Crippen molar-refractivity contribution in [1.82, 2.24) is 5.16 Å². The lowest BCUT2D eigenvalue weighted by Gasteiger charge is -2.18. The van der Waals surface area contributed by atoms with Crippen LogP contribution in [0.4, 0.5) is 5.69 Å². The van der Waals surface area contributed by atoms with E-state index in [0.717, 1.165) is 11.1 Å². The number of rotatable bonds is 4. The monoisotopic (exact) mass is 406 g/mol. The van der Waals surface area contributed by atoms with Crippen LogP contribution in [0.5, 0.6) is 0 Å². The Morgan fingerprint density at radius 3 is 1.77 bits per heavy atom. The Balaban J connectivity index is 2.00. The number of carbonyl (C=O) groups is 1. The molecule has 6 heteroatoms. The molecule has 1 aromatic heterocycles. The molecular weight excluding hydrogens is 380 g/mol. The summed E-state index contributed by atoms with van der Waals surface area (Å²) in [5, 5.41) is 15.5. The van der Waals surface area contributed by atoms with E-state index in [2.05, 4.69) is 46.7 Å². The van der Waals surface area contributed by atoms with E-state index in [0.29, 0.717) is 11.1 Å². The highest BCUT2D eigenvalue weighted by Crippen LogP contribution is 2.35. The van der Waals surface area contributed by atoms with Crippen molar-refractivity contribution in [2.45, 2.75) is 52.4 Å². The van der Waals surface area contributed by atoms with Gasteiger partial charge in [0.05, 0.1) is 4.92 Å². The molecule has 3 aromatic rings. The molecule has 0 amide bonds. The van der Waals surface area contributed by atoms with E-state index >= 15 is 0 Å². The van der Waals surface area contributed by atoms with Gasteiger partial charge in [0.15, 0.2) is 0 Å². The number of nitrogens with zero attached hydrogens (tertiary/aromatic N) is 2. The van der Waals surface area contributed by atoms with E-state index in [9.17, 15) is 14.9 Å². The molecule has 0 aliphatic rings. The molecule has 3 rings (SSSR count). The fourth-order valence-corrected chi connectivity index (χ4v) is 3.17. The predicted molar refractivity (Wildman–Crippen MR) is 116 cm³/mol. The molecule has 156 valence electrons. The van der Waals surface area contributed by atoms with Crippen LogP contribution < -0.4 is 0 Å². The van der Waals surface area contributed by atoms with Gasteiger partial charge in [-0.1, -0.05) is 95.2 Å². The second-order valence-corrected chi connectivity index (χ2v) is 9.45. The summed E-state index contributed by atoms with van der Waals surface area (Å²) >= 11 is 0. The maximum atomic E-state index is 12.9. The lowest BCUT2D eigenvalue weighted by atomic mass is 9.86. The fourth-order valence-electron chi connectivity index (χ4n) is 3.17. The molecule has 0 aliphatic heterocycles. The summed E-state index contributed by atoms with van der Waals surface area (Å²) in [6.07, 6.45) is 0. The smallest absolute Gasteiger partial charge is 0.347 e. The van der Waals surface area contributed by atoms with Crippen molar-refractivity contribution < 1.29 is 14.2 Å². The minimum Gasteiger partial charge on any atom is -0.348 e. The van der Waals surface area contributed by atoms with Gasteiger partial charge in [-0.3, -0.25) is 14.9 Å². The van der Waals surface area contributed by atoms with Gasteiger partial charge in [0.25, 0.3) is 0 Å². The zero-order valence-corrected chi connectivity index (χ0v) is 18.1. The Bertz CT molecular complexity index is 1080. The highest BCUT2D eigenvalue weighted by Gasteiger charge is 2.33. The Morgan fingerprint density at radius 2 is 1.33 bits per heavy atom. The number of benzene rings is 2. The van der Waals surface area contributed by atoms with Gasteiger partial charge in [0.1, 0.15) is 0 Å². The molecule has 0 spiro atoms. The molecule has 0 saturated carbocycles. The van der Waals surface area contributed by atoms with Crippen LogP contribution in [0, 0.1) is 10.1 Å². The van der Waals surface area contributed by atoms with E-state index in [1.54, 1.807) is 24.3 Å². The lowest BCUT2D eigenvalue weighted by Crippen LogP contribution is -2.12. The SMILES string of the molecule is CC(C)(C)c1ccc(C(=O)c2noc(-c3ccc(C(C)(C)C)cc3)c2[N+](=O)[O-])cc1. The summed E-state index contributed by atoms with van der Waals surface area (Å²) in [6.45, 7) is 12.5. The molecule has 0 N–H and O–H groups in total. The fraction of sp³-hybridized carbons (Fsp3) is 0.333. The normalized spacial score (nSPS) is 12.1. The van der Waals surface area contributed by atoms with Crippen molar-refractivity contribution in [3.63, 3.8) is 0 Å². The molecule has 0 saturated heterocycles. The van der Waals surface area contributed by atoms with Crippen molar-refractivity contribution in [2.75, 3.05) is 0 Å². The zero-order valence-electron chi connectivity index (χ0n) is 18.1.